The van der Waals surface area contributed by atoms with E-state index in [9.17, 15) is 14.4 Å². The maximum absolute atomic E-state index is 13.1. The molecule has 0 fully saturated rings. The summed E-state index contributed by atoms with van der Waals surface area (Å²) in [6.45, 7) is 6.27. The Kier molecular flexibility index (Phi) is 14.5. The number of amides is 3. The number of carbonyl (C=O) groups is 3. The van der Waals surface area contributed by atoms with E-state index in [1.165, 1.54) is 11.1 Å². The van der Waals surface area contributed by atoms with Crippen LogP contribution < -0.4 is 33.2 Å². The van der Waals surface area contributed by atoms with Gasteiger partial charge in [-0.05, 0) is 80.7 Å². The lowest BCUT2D eigenvalue weighted by Gasteiger charge is -2.23. The first kappa shape index (κ1) is 40.1. The lowest BCUT2D eigenvalue weighted by Crippen LogP contribution is -2.49. The van der Waals surface area contributed by atoms with E-state index in [-0.39, 0.29) is 34.3 Å². The zero-order chi connectivity index (χ0) is 38.4. The number of aryl methyl sites for hydroxylation is 2. The zero-order valence-electron chi connectivity index (χ0n) is 30.3. The van der Waals surface area contributed by atoms with Crippen LogP contribution in [0.4, 0.5) is 16.4 Å². The fraction of sp³-hybridized carbons (Fsp3) is 0.333. The first-order valence-electron chi connectivity index (χ1n) is 17.5. The summed E-state index contributed by atoms with van der Waals surface area (Å²) in [5.41, 5.74) is 21.8. The topological polar surface area (TPSA) is 213 Å². The number of rotatable bonds is 15. The molecule has 1 heterocycles. The van der Waals surface area contributed by atoms with Gasteiger partial charge < -0.3 is 32.6 Å². The Labute approximate surface area is 315 Å². The van der Waals surface area contributed by atoms with E-state index in [1.807, 2.05) is 30.3 Å². The number of hydrogen-bond donors (Lipinski definition) is 6. The van der Waals surface area contributed by atoms with Gasteiger partial charge in [0.1, 0.15) is 11.6 Å². The Morgan fingerprint density at radius 1 is 0.811 bits per heavy atom. The van der Waals surface area contributed by atoms with E-state index < -0.39 is 23.6 Å². The van der Waals surface area contributed by atoms with Gasteiger partial charge in [-0.25, -0.2) is 14.8 Å². The minimum atomic E-state index is -0.752. The molecule has 1 atom stereocenters. The zero-order valence-corrected chi connectivity index (χ0v) is 31.1. The van der Waals surface area contributed by atoms with E-state index in [2.05, 4.69) is 79.4 Å². The number of guanidine groups is 1. The van der Waals surface area contributed by atoms with Crippen LogP contribution >= 0.6 is 11.6 Å². The number of aliphatic imine (C=N–C) groups is 1. The van der Waals surface area contributed by atoms with Crippen molar-refractivity contribution < 1.29 is 19.1 Å². The fourth-order valence-corrected chi connectivity index (χ4v) is 5.45. The number of aromatic nitrogens is 2. The number of halogens is 1. The molecule has 53 heavy (non-hydrogen) atoms. The van der Waals surface area contributed by atoms with Gasteiger partial charge in [0.25, 0.3) is 5.91 Å². The van der Waals surface area contributed by atoms with Gasteiger partial charge in [-0.1, -0.05) is 90.5 Å². The number of nitrogens with two attached hydrogens (primary N) is 3. The number of hydrogen-bond acceptors (Lipinski definition) is 9. The Balaban J connectivity index is 1.17. The van der Waals surface area contributed by atoms with Crippen LogP contribution in [0.25, 0.3) is 11.1 Å². The summed E-state index contributed by atoms with van der Waals surface area (Å²) < 4.78 is 5.39. The molecule has 0 bridgehead atoms. The van der Waals surface area contributed by atoms with Crippen molar-refractivity contribution in [2.75, 3.05) is 24.6 Å². The summed E-state index contributed by atoms with van der Waals surface area (Å²) in [5.74, 6) is -1.20. The highest BCUT2D eigenvalue weighted by Crippen LogP contribution is 2.22. The van der Waals surface area contributed by atoms with Crippen LogP contribution in [0.1, 0.15) is 67.2 Å². The van der Waals surface area contributed by atoms with E-state index >= 15 is 0 Å². The molecule has 0 aliphatic carbocycles. The van der Waals surface area contributed by atoms with Crippen molar-refractivity contribution in [1.82, 2.24) is 25.9 Å². The van der Waals surface area contributed by atoms with Crippen molar-refractivity contribution >= 4 is 47.1 Å². The number of nitrogens with zero attached hydrogens (tertiary/aromatic N) is 3. The molecule has 280 valence electrons. The van der Waals surface area contributed by atoms with E-state index in [4.69, 9.17) is 33.5 Å². The largest absolute Gasteiger partial charge is 0.444 e. The highest BCUT2D eigenvalue weighted by atomic mass is 35.5. The van der Waals surface area contributed by atoms with Crippen molar-refractivity contribution in [3.05, 3.63) is 106 Å². The van der Waals surface area contributed by atoms with Crippen molar-refractivity contribution in [1.29, 1.82) is 0 Å². The summed E-state index contributed by atoms with van der Waals surface area (Å²) in [7, 11) is 0. The highest BCUT2D eigenvalue weighted by Gasteiger charge is 2.24. The highest BCUT2D eigenvalue weighted by molar-refractivity contribution is 6.31. The van der Waals surface area contributed by atoms with Crippen molar-refractivity contribution in [2.45, 2.75) is 70.9 Å². The predicted molar refractivity (Wildman–Crippen MR) is 209 cm³/mol. The van der Waals surface area contributed by atoms with Gasteiger partial charge in [0.15, 0.2) is 28.4 Å². The van der Waals surface area contributed by atoms with Gasteiger partial charge in [0.2, 0.25) is 5.91 Å². The third-order valence-corrected chi connectivity index (χ3v) is 8.27. The average molecular weight is 742 g/mol. The minimum absolute atomic E-state index is 0.0522. The number of alkyl carbamates (subject to hydrolysis) is 1. The number of benzene rings is 3. The second-order valence-electron chi connectivity index (χ2n) is 13.5. The maximum Gasteiger partial charge on any atom is 0.408 e. The average Bonchev–Trinajstić information content (AvgIpc) is 3.11. The van der Waals surface area contributed by atoms with Crippen LogP contribution in [0.2, 0.25) is 5.15 Å². The third-order valence-electron chi connectivity index (χ3n) is 7.99. The molecule has 13 nitrogen and oxygen atoms in total. The molecule has 14 heteroatoms. The van der Waals surface area contributed by atoms with Gasteiger partial charge >= 0.3 is 6.09 Å². The number of nitrogens with one attached hydrogen (secondary N) is 3. The molecule has 0 spiro atoms. The van der Waals surface area contributed by atoms with Crippen LogP contribution in [0, 0.1) is 0 Å². The van der Waals surface area contributed by atoms with E-state index in [1.54, 1.807) is 20.8 Å². The Hall–Kier alpha value is -5.69. The van der Waals surface area contributed by atoms with E-state index in [0.717, 1.165) is 48.8 Å². The number of unbranched alkanes of at least 4 members (excludes halogenated alkanes) is 1. The molecule has 0 radical (unpaired) electrons. The lowest BCUT2D eigenvalue weighted by molar-refractivity contribution is -0.123. The molecular weight excluding hydrogens is 694 g/mol. The van der Waals surface area contributed by atoms with Gasteiger partial charge in [0, 0.05) is 19.5 Å². The monoisotopic (exact) mass is 741 g/mol. The van der Waals surface area contributed by atoms with Gasteiger partial charge in [0.05, 0.1) is 0 Å². The Bertz CT molecular complexity index is 1860. The second kappa shape index (κ2) is 19.2. The summed E-state index contributed by atoms with van der Waals surface area (Å²) in [6.07, 6.45) is 3.82. The smallest absolute Gasteiger partial charge is 0.408 e. The molecule has 0 unspecified atom stereocenters. The van der Waals surface area contributed by atoms with Crippen molar-refractivity contribution in [2.24, 2.45) is 10.7 Å². The lowest BCUT2D eigenvalue weighted by atomic mass is 9.99. The molecule has 0 aliphatic heterocycles. The number of carbonyl (C=O) groups excluding carboxylic acids is 3. The first-order chi connectivity index (χ1) is 25.3. The van der Waals surface area contributed by atoms with E-state index in [0.29, 0.717) is 19.5 Å². The molecule has 0 saturated heterocycles. The molecular formula is C39H48ClN9O4. The molecule has 0 saturated carbocycles. The summed E-state index contributed by atoms with van der Waals surface area (Å²) in [5, 5.41) is 8.01. The predicted octanol–water partition coefficient (Wildman–Crippen LogP) is 5.21. The molecule has 1 aromatic heterocycles. The van der Waals surface area contributed by atoms with Gasteiger partial charge in [-0.2, -0.15) is 0 Å². The van der Waals surface area contributed by atoms with Crippen LogP contribution in [-0.4, -0.2) is 58.6 Å². The minimum Gasteiger partial charge on any atom is -0.444 e. The second-order valence-corrected chi connectivity index (χ2v) is 13.8. The van der Waals surface area contributed by atoms with Crippen LogP contribution in [-0.2, 0) is 28.8 Å². The number of anilines is 2. The molecule has 3 aromatic carbocycles. The first-order valence-corrected chi connectivity index (χ1v) is 17.8. The quantitative estimate of drug-likeness (QED) is 0.0535. The molecule has 3 amide bonds. The molecule has 9 N–H and O–H groups in total. The van der Waals surface area contributed by atoms with Crippen molar-refractivity contribution in [3.8, 4) is 11.1 Å². The van der Waals surface area contributed by atoms with Crippen molar-refractivity contribution in [3.63, 3.8) is 0 Å². The third kappa shape index (κ3) is 13.4. The maximum atomic E-state index is 13.1. The normalized spacial score (nSPS) is 12.1. The Morgan fingerprint density at radius 3 is 2.02 bits per heavy atom. The standard InChI is InChI=1S/C39H48ClN9O4/c1-39(2,3)53-38(52)46-30(24-27-11-5-4-6-12-27)35(50)44-23-9-13-26-16-20-29(21-17-26)28-18-14-25(15-19-28)10-7-8-22-45-37(43)49-36(51)31-33(41)48-34(42)32(40)47-31/h4-6,11-12,14-21,30H,7-10,13,22-24H2,1-3H3,(H,44,50)(H,46,52)(H4,41,42,48)(H3,43,45,49,51)/t30-/m0/s1. The molecule has 4 rings (SSSR count). The molecule has 4 aromatic rings. The van der Waals surface area contributed by atoms with Crippen LogP contribution in [0.5, 0.6) is 0 Å². The number of ether oxygens (including phenoxy) is 1. The summed E-state index contributed by atoms with van der Waals surface area (Å²) >= 11 is 5.83. The summed E-state index contributed by atoms with van der Waals surface area (Å²) in [6, 6.07) is 25.7. The van der Waals surface area contributed by atoms with Crippen LogP contribution in [0.3, 0.4) is 0 Å². The molecule has 0 aliphatic rings. The van der Waals surface area contributed by atoms with Crippen LogP contribution in [0.15, 0.2) is 83.9 Å². The summed E-state index contributed by atoms with van der Waals surface area (Å²) in [4.78, 5) is 49.7. The SMILES string of the molecule is CC(C)(C)OC(=O)N[C@@H](Cc1ccccc1)C(=O)NCCCc1ccc(-c2ccc(CCCCN=C(N)NC(=O)c3nc(Cl)c(N)nc3N)cc2)cc1. The number of nitrogen functional groups attached to an aromatic ring is 2. The van der Waals surface area contributed by atoms with Gasteiger partial charge in [-0.15, -0.1) is 0 Å². The fourth-order valence-electron chi connectivity index (χ4n) is 5.33. The Morgan fingerprint density at radius 2 is 1.42 bits per heavy atom. The van der Waals surface area contributed by atoms with Gasteiger partial charge in [-0.3, -0.25) is 19.9 Å².